The van der Waals surface area contributed by atoms with E-state index in [9.17, 15) is 14.4 Å². The van der Waals surface area contributed by atoms with Crippen LogP contribution in [0.2, 0.25) is 5.02 Å². The van der Waals surface area contributed by atoms with Crippen LogP contribution in [-0.4, -0.2) is 78.9 Å². The number of rotatable bonds is 4. The van der Waals surface area contributed by atoms with Gasteiger partial charge in [-0.05, 0) is 54.9 Å². The Bertz CT molecular complexity index is 2110. The molecule has 252 valence electrons. The first-order valence-electron chi connectivity index (χ1n) is 15.5. The third kappa shape index (κ3) is 5.76. The van der Waals surface area contributed by atoms with Gasteiger partial charge < -0.3 is 9.80 Å². The van der Waals surface area contributed by atoms with Crippen molar-refractivity contribution in [2.24, 2.45) is 11.0 Å². The number of fused-ring (bicyclic) bond motifs is 1. The second-order valence-corrected chi connectivity index (χ2v) is 13.8. The van der Waals surface area contributed by atoms with Crippen LogP contribution in [-0.2, 0) is 17.5 Å². The zero-order valence-electron chi connectivity index (χ0n) is 26.4. The average Bonchev–Trinajstić information content (AvgIpc) is 3.23. The molecule has 0 radical (unpaired) electrons. The number of piperazine rings is 1. The normalized spacial score (nSPS) is 22.9. The number of carbonyl (C=O) groups excluding carboxylic acids is 2. The molecule has 0 N–H and O–H groups in total. The van der Waals surface area contributed by atoms with Crippen LogP contribution in [0.3, 0.4) is 0 Å². The lowest BCUT2D eigenvalue weighted by Crippen LogP contribution is -2.58. The summed E-state index contributed by atoms with van der Waals surface area (Å²) >= 11 is 7.48. The topological polar surface area (TPSA) is 94.1 Å². The number of alkyl halides is 3. The number of hydrogen-bond acceptors (Lipinski definition) is 7. The Morgan fingerprint density at radius 1 is 1.12 bits per heavy atom. The molecule has 4 aliphatic rings. The number of amidine groups is 1. The fourth-order valence-corrected chi connectivity index (χ4v) is 8.43. The van der Waals surface area contributed by atoms with Crippen LogP contribution in [0.25, 0.3) is 22.0 Å². The molecule has 0 spiro atoms. The highest BCUT2D eigenvalue weighted by atomic mass is 35.5. The first kappa shape index (κ1) is 32.8. The summed E-state index contributed by atoms with van der Waals surface area (Å²) in [6.07, 6.45) is 4.79. The maximum absolute atomic E-state index is 15.1. The van der Waals surface area contributed by atoms with Crippen LogP contribution < -0.4 is 10.6 Å². The molecule has 7 rings (SSSR count). The predicted octanol–water partition coefficient (Wildman–Crippen LogP) is 5.99. The standard InChI is InChI=1S/C34H30ClF3N7O3S/c1-4-27(46)45-19(2)14-41(15-20(45)3)31-24-13-25(34(36,37)38)28(22-8-7-9-23(35)12-22)30-29(24)43(32(47)39-31)16-21(18-49-30)17-44-33(48)42-11-6-5-10-26(42)40-44/h4-13,17,19-21H,1,14-16,18H2,2-3H3/q+1/b44-17+/t19-,20+,21?. The maximum atomic E-state index is 15.1. The lowest BCUT2D eigenvalue weighted by atomic mass is 9.96. The van der Waals surface area contributed by atoms with Gasteiger partial charge in [-0.1, -0.05) is 41.1 Å². The zero-order valence-corrected chi connectivity index (χ0v) is 28.0. The number of aromatic nitrogens is 2. The molecular formula is C34H30ClF3N7O3S+. The lowest BCUT2D eigenvalue weighted by Gasteiger charge is -2.44. The molecule has 0 bridgehead atoms. The van der Waals surface area contributed by atoms with Gasteiger partial charge in [0, 0.05) is 70.3 Å². The van der Waals surface area contributed by atoms with Crippen molar-refractivity contribution < 1.29 is 27.4 Å². The highest BCUT2D eigenvalue weighted by Gasteiger charge is 2.41. The van der Waals surface area contributed by atoms with E-state index in [0.717, 1.165) is 6.07 Å². The number of nitrogens with zero attached hydrogens (tertiary/aromatic N) is 7. The minimum absolute atomic E-state index is 0.0394. The number of thioether (sulfide) groups is 1. The largest absolute Gasteiger partial charge is 0.529 e. The number of carbonyl (C=O) groups is 2. The number of benzene rings is 2. The van der Waals surface area contributed by atoms with Gasteiger partial charge in [0.1, 0.15) is 18.2 Å². The molecule has 1 saturated heterocycles. The molecule has 3 amide bonds. The van der Waals surface area contributed by atoms with Crippen LogP contribution in [0.4, 0.5) is 23.8 Å². The summed E-state index contributed by atoms with van der Waals surface area (Å²) in [5, 5.41) is 4.81. The molecule has 2 aromatic carbocycles. The molecule has 0 saturated carbocycles. The van der Waals surface area contributed by atoms with Crippen molar-refractivity contribution in [3.05, 3.63) is 88.5 Å². The van der Waals surface area contributed by atoms with Crippen molar-refractivity contribution in [2.75, 3.05) is 23.7 Å². The first-order chi connectivity index (χ1) is 23.3. The minimum Gasteiger partial charge on any atom is -0.352 e. The van der Waals surface area contributed by atoms with Gasteiger partial charge in [-0.2, -0.15) is 22.9 Å². The van der Waals surface area contributed by atoms with Gasteiger partial charge in [-0.3, -0.25) is 9.36 Å². The third-order valence-electron chi connectivity index (χ3n) is 8.93. The van der Waals surface area contributed by atoms with Crippen LogP contribution in [0.1, 0.15) is 19.4 Å². The van der Waals surface area contributed by atoms with Gasteiger partial charge in [0.15, 0.2) is 0 Å². The number of hydrogen-bond donors (Lipinski definition) is 0. The summed E-state index contributed by atoms with van der Waals surface area (Å²) in [7, 11) is 0. The van der Waals surface area contributed by atoms with Crippen molar-refractivity contribution in [3.8, 4) is 11.1 Å². The molecule has 10 nitrogen and oxygen atoms in total. The Balaban J connectivity index is 1.44. The average molecular weight is 709 g/mol. The van der Waals surface area contributed by atoms with E-state index < -0.39 is 29.4 Å². The van der Waals surface area contributed by atoms with E-state index in [4.69, 9.17) is 11.6 Å². The van der Waals surface area contributed by atoms with Gasteiger partial charge in [0.05, 0.1) is 11.1 Å². The van der Waals surface area contributed by atoms with E-state index in [-0.39, 0.29) is 75.6 Å². The van der Waals surface area contributed by atoms with Crippen molar-refractivity contribution in [3.63, 3.8) is 0 Å². The van der Waals surface area contributed by atoms with Crippen LogP contribution in [0.5, 0.6) is 0 Å². The van der Waals surface area contributed by atoms with E-state index in [1.54, 1.807) is 58.6 Å². The van der Waals surface area contributed by atoms with E-state index in [1.165, 1.54) is 38.1 Å². The smallest absolute Gasteiger partial charge is 0.352 e. The van der Waals surface area contributed by atoms with Crippen molar-refractivity contribution >= 4 is 64.1 Å². The fraction of sp³-hybridized carbons (Fsp3) is 0.294. The van der Waals surface area contributed by atoms with Crippen LogP contribution in [0.15, 0.2) is 82.2 Å². The summed E-state index contributed by atoms with van der Waals surface area (Å²) < 4.78 is 47.9. The summed E-state index contributed by atoms with van der Waals surface area (Å²) in [5.41, 5.74) is -1.07. The zero-order chi connectivity index (χ0) is 34.8. The van der Waals surface area contributed by atoms with Gasteiger partial charge >= 0.3 is 17.9 Å². The molecule has 1 aromatic heterocycles. The Morgan fingerprint density at radius 3 is 2.55 bits per heavy atom. The number of urea groups is 1. The predicted molar refractivity (Wildman–Crippen MR) is 183 cm³/mol. The third-order valence-corrected chi connectivity index (χ3v) is 10.4. The summed E-state index contributed by atoms with van der Waals surface area (Å²) in [4.78, 5) is 49.3. The highest BCUT2D eigenvalue weighted by molar-refractivity contribution is 7.99. The summed E-state index contributed by atoms with van der Waals surface area (Å²) in [5.74, 6) is 0.0236. The quantitative estimate of drug-likeness (QED) is 0.245. The van der Waals surface area contributed by atoms with Gasteiger partial charge in [-0.25, -0.2) is 4.79 Å². The molecule has 1 unspecified atom stereocenters. The van der Waals surface area contributed by atoms with Gasteiger partial charge in [-0.15, -0.1) is 16.7 Å². The van der Waals surface area contributed by atoms with Gasteiger partial charge in [0.2, 0.25) is 5.91 Å². The second kappa shape index (κ2) is 12.3. The van der Waals surface area contributed by atoms with Crippen molar-refractivity contribution in [2.45, 2.75) is 43.5 Å². The number of allylic oxidation sites excluding steroid dienone is 2. The molecule has 15 heteroatoms. The summed E-state index contributed by atoms with van der Waals surface area (Å²) in [6.45, 7) is 7.78. The van der Waals surface area contributed by atoms with Crippen LogP contribution in [0, 0.1) is 5.92 Å². The Morgan fingerprint density at radius 2 is 1.88 bits per heavy atom. The van der Waals surface area contributed by atoms with Crippen LogP contribution >= 0.6 is 23.4 Å². The SMILES string of the molecule is C=CC(=O)N1[C@H](C)CN(c2nc(=O)n3c4c(c(-c5cccc(Cl)c5)c(C(F)(F)F)cc24)SCC(/C=[N+]2/N=C4C=CC=CN4C2=O)C3)C[C@@H]1C. The van der Waals surface area contributed by atoms with Crippen molar-refractivity contribution in [1.29, 1.82) is 0 Å². The van der Waals surface area contributed by atoms with Gasteiger partial charge in [0.25, 0.3) is 5.84 Å². The monoisotopic (exact) mass is 708 g/mol. The Labute approximate surface area is 288 Å². The number of amides is 3. The van der Waals surface area contributed by atoms with E-state index >= 15 is 13.2 Å². The molecule has 3 atom stereocenters. The molecule has 4 aliphatic heterocycles. The molecule has 0 aliphatic carbocycles. The molecule has 3 aromatic rings. The number of hydrazone groups is 1. The molecule has 1 fully saturated rings. The Kier molecular flexibility index (Phi) is 8.26. The van der Waals surface area contributed by atoms with E-state index in [2.05, 4.69) is 16.7 Å². The highest BCUT2D eigenvalue weighted by Crippen LogP contribution is 2.49. The maximum Gasteiger partial charge on any atom is 0.529 e. The summed E-state index contributed by atoms with van der Waals surface area (Å²) in [6, 6.07) is 6.18. The Hall–Kier alpha value is -4.69. The molecular weight excluding hydrogens is 679 g/mol. The van der Waals surface area contributed by atoms with E-state index in [0.29, 0.717) is 11.4 Å². The number of halogens is 4. The van der Waals surface area contributed by atoms with Crippen molar-refractivity contribution in [1.82, 2.24) is 19.4 Å². The first-order valence-corrected chi connectivity index (χ1v) is 16.9. The minimum atomic E-state index is -4.78. The second-order valence-electron chi connectivity index (χ2n) is 12.3. The number of anilines is 1. The fourth-order valence-electron chi connectivity index (χ4n) is 6.94. The molecule has 5 heterocycles. The lowest BCUT2D eigenvalue weighted by molar-refractivity contribution is -0.426. The van der Waals surface area contributed by atoms with E-state index in [1.807, 2.05) is 13.8 Å². The molecule has 49 heavy (non-hydrogen) atoms.